The zero-order valence-electron chi connectivity index (χ0n) is 20.8. The number of fused-ring (bicyclic) bond motifs is 2. The van der Waals surface area contributed by atoms with Crippen molar-refractivity contribution in [3.8, 4) is 11.5 Å². The summed E-state index contributed by atoms with van der Waals surface area (Å²) in [6.07, 6.45) is 7.85. The Kier molecular flexibility index (Phi) is 6.77. The first kappa shape index (κ1) is 24.6. The third-order valence-electron chi connectivity index (χ3n) is 5.89. The Morgan fingerprint density at radius 1 is 1.13 bits per heavy atom. The highest BCUT2D eigenvalue weighted by Gasteiger charge is 2.15. The molecule has 5 aromatic rings. The normalized spacial score (nSPS) is 11.2. The maximum absolute atomic E-state index is 15.4. The first-order chi connectivity index (χ1) is 18.4. The lowest BCUT2D eigenvalue weighted by molar-refractivity contribution is -0.116. The molecule has 0 aliphatic heterocycles. The van der Waals surface area contributed by atoms with Gasteiger partial charge in [0.05, 0.1) is 34.3 Å². The van der Waals surface area contributed by atoms with Gasteiger partial charge in [0, 0.05) is 25.2 Å². The van der Waals surface area contributed by atoms with Crippen molar-refractivity contribution in [3.05, 3.63) is 90.9 Å². The van der Waals surface area contributed by atoms with Crippen LogP contribution in [0.3, 0.4) is 0 Å². The summed E-state index contributed by atoms with van der Waals surface area (Å²) in [5, 5.41) is 5.70. The van der Waals surface area contributed by atoms with Crippen LogP contribution in [0.15, 0.2) is 73.9 Å². The van der Waals surface area contributed by atoms with Crippen molar-refractivity contribution in [2.24, 2.45) is 7.05 Å². The molecule has 2 N–H and O–H groups in total. The molecule has 0 saturated carbocycles. The quantitative estimate of drug-likeness (QED) is 0.277. The molecule has 10 heteroatoms. The number of halogens is 1. The van der Waals surface area contributed by atoms with Crippen molar-refractivity contribution < 1.29 is 13.9 Å². The number of carbonyl (C=O) groups excluding carboxylic acids is 1. The van der Waals surface area contributed by atoms with E-state index in [0.29, 0.717) is 46.2 Å². The van der Waals surface area contributed by atoms with Gasteiger partial charge in [-0.15, -0.1) is 0 Å². The lowest BCUT2D eigenvalue weighted by atomic mass is 10.1. The molecule has 0 fully saturated rings. The van der Waals surface area contributed by atoms with Gasteiger partial charge in [-0.1, -0.05) is 12.7 Å². The van der Waals surface area contributed by atoms with Crippen LogP contribution in [0, 0.1) is 12.7 Å². The molecule has 0 unspecified atom stereocenters. The third kappa shape index (κ3) is 5.05. The number of hydrogen-bond acceptors (Lipinski definition) is 7. The predicted octanol–water partition coefficient (Wildman–Crippen LogP) is 5.21. The molecule has 1 amide bonds. The first-order valence-corrected chi connectivity index (χ1v) is 11.8. The lowest BCUT2D eigenvalue weighted by Gasteiger charge is -2.14. The van der Waals surface area contributed by atoms with E-state index >= 15 is 4.39 Å². The van der Waals surface area contributed by atoms with Gasteiger partial charge in [-0.25, -0.2) is 24.3 Å². The molecule has 0 spiro atoms. The monoisotopic (exact) mass is 509 g/mol. The predicted molar refractivity (Wildman–Crippen MR) is 145 cm³/mol. The molecule has 9 nitrogen and oxygen atoms in total. The summed E-state index contributed by atoms with van der Waals surface area (Å²) in [5.41, 5.74) is 4.04. The van der Waals surface area contributed by atoms with E-state index in [1.165, 1.54) is 12.4 Å². The number of anilines is 2. The highest BCUT2D eigenvalue weighted by atomic mass is 19.1. The minimum atomic E-state index is -0.470. The number of amides is 1. The molecule has 0 atom stereocenters. The highest BCUT2D eigenvalue weighted by molar-refractivity contribution is 5.88. The van der Waals surface area contributed by atoms with Crippen molar-refractivity contribution in [1.82, 2.24) is 29.8 Å². The molecule has 0 aliphatic rings. The minimum absolute atomic E-state index is 0.227. The number of pyridine rings is 1. The van der Waals surface area contributed by atoms with Gasteiger partial charge < -0.3 is 19.9 Å². The molecular weight excluding hydrogens is 485 g/mol. The Morgan fingerprint density at radius 2 is 2.00 bits per heavy atom. The lowest BCUT2D eigenvalue weighted by Crippen LogP contribution is -2.20. The average molecular weight is 510 g/mol. The van der Waals surface area contributed by atoms with Crippen molar-refractivity contribution in [2.45, 2.75) is 6.92 Å². The summed E-state index contributed by atoms with van der Waals surface area (Å²) >= 11 is 0. The van der Waals surface area contributed by atoms with Crippen LogP contribution in [-0.2, 0) is 11.8 Å². The fourth-order valence-corrected chi connectivity index (χ4v) is 3.86. The summed E-state index contributed by atoms with van der Waals surface area (Å²) in [6, 6.07) is 12.4. The van der Waals surface area contributed by atoms with Gasteiger partial charge >= 0.3 is 0 Å². The number of ether oxygens (including phenoxy) is 1. The van der Waals surface area contributed by atoms with Gasteiger partial charge in [0.25, 0.3) is 0 Å². The van der Waals surface area contributed by atoms with Crippen LogP contribution in [0.1, 0.15) is 11.3 Å². The molecule has 38 heavy (non-hydrogen) atoms. The zero-order chi connectivity index (χ0) is 26.6. The first-order valence-electron chi connectivity index (χ1n) is 11.8. The Labute approximate surface area is 217 Å². The molecule has 0 aliphatic carbocycles. The van der Waals surface area contributed by atoms with Gasteiger partial charge in [-0.3, -0.25) is 4.79 Å². The number of aromatic nitrogens is 5. The number of nitrogens with zero attached hydrogens (tertiary/aromatic N) is 5. The number of nitrogens with one attached hydrogen (secondary N) is 2. The smallest absolute Gasteiger partial charge is 0.243 e. The summed E-state index contributed by atoms with van der Waals surface area (Å²) in [7, 11) is 1.92. The van der Waals surface area contributed by atoms with E-state index < -0.39 is 5.82 Å². The van der Waals surface area contributed by atoms with E-state index in [1.54, 1.807) is 49.7 Å². The second-order valence-electron chi connectivity index (χ2n) is 8.46. The second kappa shape index (κ2) is 10.5. The fourth-order valence-electron chi connectivity index (χ4n) is 3.86. The van der Waals surface area contributed by atoms with Crippen LogP contribution in [0.25, 0.3) is 28.1 Å². The van der Waals surface area contributed by atoms with Crippen molar-refractivity contribution in [2.75, 3.05) is 11.9 Å². The Bertz CT molecular complexity index is 1710. The molecule has 190 valence electrons. The molecule has 0 saturated heterocycles. The highest BCUT2D eigenvalue weighted by Crippen LogP contribution is 2.33. The van der Waals surface area contributed by atoms with Crippen LogP contribution < -0.4 is 15.4 Å². The topological polar surface area (TPSA) is 107 Å². The van der Waals surface area contributed by atoms with Gasteiger partial charge in [-0.2, -0.15) is 0 Å². The largest absolute Gasteiger partial charge is 0.457 e. The fraction of sp³-hybridized carbons (Fsp3) is 0.107. The number of hydrogen-bond donors (Lipinski definition) is 2. The zero-order valence-corrected chi connectivity index (χ0v) is 20.8. The minimum Gasteiger partial charge on any atom is -0.457 e. The maximum atomic E-state index is 15.4. The molecule has 3 aromatic heterocycles. The molecule has 0 radical (unpaired) electrons. The average Bonchev–Trinajstić information content (AvgIpc) is 3.30. The Balaban J connectivity index is 1.37. The number of carbonyl (C=O) groups is 1. The van der Waals surface area contributed by atoms with Crippen LogP contribution in [0.2, 0.25) is 0 Å². The van der Waals surface area contributed by atoms with E-state index in [9.17, 15) is 4.79 Å². The third-order valence-corrected chi connectivity index (χ3v) is 5.89. The van der Waals surface area contributed by atoms with Crippen molar-refractivity contribution in [3.63, 3.8) is 0 Å². The van der Waals surface area contributed by atoms with Crippen molar-refractivity contribution >= 4 is 45.6 Å². The number of aryl methyl sites for hydroxylation is 1. The van der Waals surface area contributed by atoms with Gasteiger partial charge in [0.15, 0.2) is 11.6 Å². The molecule has 0 bridgehead atoms. The molecule has 2 aromatic carbocycles. The van der Waals surface area contributed by atoms with Crippen molar-refractivity contribution in [1.29, 1.82) is 0 Å². The van der Waals surface area contributed by atoms with Crippen LogP contribution in [-0.4, -0.2) is 37.0 Å². The Morgan fingerprint density at radius 3 is 2.84 bits per heavy atom. The number of imidazole rings is 1. The summed E-state index contributed by atoms with van der Waals surface area (Å²) in [6.45, 7) is 5.40. The van der Waals surface area contributed by atoms with E-state index in [2.05, 4.69) is 37.1 Å². The molecular formula is C28H24FN7O2. The van der Waals surface area contributed by atoms with E-state index in [-0.39, 0.29) is 11.6 Å². The summed E-state index contributed by atoms with van der Waals surface area (Å²) in [5.74, 6) is 0.587. The SMILES string of the molecule is C=CC(=O)NCC=Cc1ccc2ncnc(Nc3ccc(Oc4ccc5c(c4)ncn5C)c(C)c3F)c2n1. The Hall–Kier alpha value is -5.12. The van der Waals surface area contributed by atoms with Gasteiger partial charge in [0.1, 0.15) is 23.3 Å². The van der Waals surface area contributed by atoms with Crippen LogP contribution in [0.5, 0.6) is 11.5 Å². The van der Waals surface area contributed by atoms with Gasteiger partial charge in [-0.05, 0) is 55.5 Å². The number of rotatable bonds is 8. The summed E-state index contributed by atoms with van der Waals surface area (Å²) in [4.78, 5) is 28.8. The van der Waals surface area contributed by atoms with Crippen LogP contribution >= 0.6 is 0 Å². The van der Waals surface area contributed by atoms with E-state index in [0.717, 1.165) is 11.0 Å². The molecule has 5 rings (SSSR count). The van der Waals surface area contributed by atoms with E-state index in [4.69, 9.17) is 4.74 Å². The maximum Gasteiger partial charge on any atom is 0.243 e. The molecule has 3 heterocycles. The standard InChI is InChI=1S/C28H24FN7O2/c1-4-25(37)30-13-5-6-18-7-9-21-27(34-18)28(32-15-31-21)35-20-10-12-24(17(2)26(20)29)38-19-8-11-23-22(14-19)33-16-36(23)3/h4-12,14-16H,1,13H2,2-3H3,(H,30,37)(H,31,32,35). The second-order valence-corrected chi connectivity index (χ2v) is 8.46. The van der Waals surface area contributed by atoms with Gasteiger partial charge in [0.2, 0.25) is 5.91 Å². The van der Waals surface area contributed by atoms with E-state index in [1.807, 2.05) is 29.8 Å². The number of benzene rings is 2. The summed E-state index contributed by atoms with van der Waals surface area (Å²) < 4.78 is 23.3. The van der Waals surface area contributed by atoms with Crippen LogP contribution in [0.4, 0.5) is 15.9 Å².